The minimum atomic E-state index is -1.58. The minimum absolute atomic E-state index is 0.294. The second-order valence-corrected chi connectivity index (χ2v) is 6.08. The number of nitrogen functional groups attached to an aromatic ring is 1. The van der Waals surface area contributed by atoms with Crippen LogP contribution in [0.5, 0.6) is 0 Å². The molecule has 0 saturated carbocycles. The predicted octanol–water partition coefficient (Wildman–Crippen LogP) is -0.222. The number of nitrogens with zero attached hydrogens (tertiary/aromatic N) is 3. The van der Waals surface area contributed by atoms with Crippen molar-refractivity contribution < 1.29 is 20.1 Å². The van der Waals surface area contributed by atoms with Crippen LogP contribution in [0.3, 0.4) is 0 Å². The number of anilines is 1. The molecule has 0 aliphatic carbocycles. The van der Waals surface area contributed by atoms with Gasteiger partial charge in [0.2, 0.25) is 0 Å². The Labute approximate surface area is 128 Å². The molecular formula is C12H15BrN4O4. The molecule has 3 heterocycles. The molecule has 5 N–H and O–H groups in total. The standard InChI is InChI=1S/C12H15BrN4O4/c1-12(20)8(19)6(3-18)21-11(12)17-2-5(13)7-9(14)15-4-16-10(7)17/h2,4,6,8,11,18-20H,3H2,1H3,(H2,14,15,16)/t6-,8-,11-,12-/m1/s1. The van der Waals surface area contributed by atoms with Crippen LogP contribution in [0.4, 0.5) is 5.82 Å². The third-order valence-corrected chi connectivity index (χ3v) is 4.38. The Morgan fingerprint density at radius 1 is 1.52 bits per heavy atom. The van der Waals surface area contributed by atoms with Crippen molar-refractivity contribution in [2.24, 2.45) is 0 Å². The molecular weight excluding hydrogens is 344 g/mol. The zero-order chi connectivity index (χ0) is 15.4. The maximum Gasteiger partial charge on any atom is 0.167 e. The highest BCUT2D eigenvalue weighted by atomic mass is 79.9. The molecule has 2 aromatic heterocycles. The normalized spacial score (nSPS) is 32.9. The van der Waals surface area contributed by atoms with Crippen LogP contribution in [0.15, 0.2) is 17.0 Å². The molecule has 4 atom stereocenters. The van der Waals surface area contributed by atoms with Crippen LogP contribution in [0.1, 0.15) is 13.2 Å². The second-order valence-electron chi connectivity index (χ2n) is 5.22. The predicted molar refractivity (Wildman–Crippen MR) is 77.3 cm³/mol. The summed E-state index contributed by atoms with van der Waals surface area (Å²) >= 11 is 3.37. The third kappa shape index (κ3) is 2.04. The Balaban J connectivity index is 2.15. The SMILES string of the molecule is C[C@@]1(O)[C@H](O)[C@@H](CO)O[C@H]1n1cc(Br)c2c(N)ncnc21. The van der Waals surface area contributed by atoms with Gasteiger partial charge in [-0.05, 0) is 22.9 Å². The molecule has 9 heteroatoms. The lowest BCUT2D eigenvalue weighted by Crippen LogP contribution is -2.44. The van der Waals surface area contributed by atoms with Crippen molar-refractivity contribution in [2.45, 2.75) is 31.0 Å². The molecule has 0 unspecified atom stereocenters. The first-order chi connectivity index (χ1) is 9.87. The van der Waals surface area contributed by atoms with Gasteiger partial charge in [-0.25, -0.2) is 9.97 Å². The molecule has 21 heavy (non-hydrogen) atoms. The van der Waals surface area contributed by atoms with Crippen molar-refractivity contribution in [1.82, 2.24) is 14.5 Å². The molecule has 1 fully saturated rings. The van der Waals surface area contributed by atoms with Crippen molar-refractivity contribution >= 4 is 32.8 Å². The van der Waals surface area contributed by atoms with Gasteiger partial charge in [0.15, 0.2) is 6.23 Å². The first-order valence-electron chi connectivity index (χ1n) is 6.31. The number of rotatable bonds is 2. The van der Waals surface area contributed by atoms with E-state index < -0.39 is 30.6 Å². The fourth-order valence-electron chi connectivity index (χ4n) is 2.63. The molecule has 3 rings (SSSR count). The monoisotopic (exact) mass is 358 g/mol. The Kier molecular flexibility index (Phi) is 3.41. The van der Waals surface area contributed by atoms with Gasteiger partial charge >= 0.3 is 0 Å². The lowest BCUT2D eigenvalue weighted by atomic mass is 9.96. The summed E-state index contributed by atoms with van der Waals surface area (Å²) in [6.45, 7) is 1.05. The van der Waals surface area contributed by atoms with Crippen LogP contribution >= 0.6 is 15.9 Å². The minimum Gasteiger partial charge on any atom is -0.394 e. The molecule has 0 amide bonds. The Hall–Kier alpha value is -1.26. The van der Waals surface area contributed by atoms with E-state index in [0.717, 1.165) is 0 Å². The highest BCUT2D eigenvalue weighted by Gasteiger charge is 2.53. The van der Waals surface area contributed by atoms with Crippen molar-refractivity contribution in [3.63, 3.8) is 0 Å². The number of nitrogens with two attached hydrogens (primary N) is 1. The number of aliphatic hydroxyl groups is 3. The molecule has 1 saturated heterocycles. The third-order valence-electron chi connectivity index (χ3n) is 3.78. The smallest absolute Gasteiger partial charge is 0.167 e. The van der Waals surface area contributed by atoms with Gasteiger partial charge in [-0.1, -0.05) is 0 Å². The summed E-state index contributed by atoms with van der Waals surface area (Å²) in [5.74, 6) is 0.294. The largest absolute Gasteiger partial charge is 0.394 e. The highest BCUT2D eigenvalue weighted by Crippen LogP contribution is 2.41. The van der Waals surface area contributed by atoms with Crippen LogP contribution < -0.4 is 5.73 Å². The number of hydrogen-bond donors (Lipinski definition) is 4. The quantitative estimate of drug-likeness (QED) is 0.584. The molecule has 1 aliphatic rings. The summed E-state index contributed by atoms with van der Waals surface area (Å²) in [6.07, 6.45) is -0.0398. The summed E-state index contributed by atoms with van der Waals surface area (Å²) in [6, 6.07) is 0. The van der Waals surface area contributed by atoms with E-state index in [9.17, 15) is 15.3 Å². The first kappa shape index (κ1) is 14.7. The molecule has 8 nitrogen and oxygen atoms in total. The van der Waals surface area contributed by atoms with Crippen LogP contribution in [0.25, 0.3) is 11.0 Å². The van der Waals surface area contributed by atoms with Gasteiger partial charge in [-0.15, -0.1) is 0 Å². The van der Waals surface area contributed by atoms with Crippen molar-refractivity contribution in [1.29, 1.82) is 0 Å². The van der Waals surface area contributed by atoms with E-state index >= 15 is 0 Å². The molecule has 0 spiro atoms. The molecule has 114 valence electrons. The van der Waals surface area contributed by atoms with Crippen LogP contribution in [0.2, 0.25) is 0 Å². The fourth-order valence-corrected chi connectivity index (χ4v) is 3.23. The maximum atomic E-state index is 10.5. The molecule has 0 bridgehead atoms. The molecule has 0 radical (unpaired) electrons. The topological polar surface area (TPSA) is 127 Å². The average Bonchev–Trinajstić information content (AvgIpc) is 2.87. The van der Waals surface area contributed by atoms with Gasteiger partial charge in [-0.3, -0.25) is 0 Å². The van der Waals surface area contributed by atoms with Gasteiger partial charge in [0, 0.05) is 10.7 Å². The summed E-state index contributed by atoms with van der Waals surface area (Å²) < 4.78 is 7.79. The number of ether oxygens (including phenoxy) is 1. The van der Waals surface area contributed by atoms with E-state index in [2.05, 4.69) is 25.9 Å². The summed E-state index contributed by atoms with van der Waals surface area (Å²) in [7, 11) is 0. The van der Waals surface area contributed by atoms with Crippen LogP contribution in [-0.4, -0.2) is 54.3 Å². The highest BCUT2D eigenvalue weighted by molar-refractivity contribution is 9.10. The van der Waals surface area contributed by atoms with Crippen molar-refractivity contribution in [3.05, 3.63) is 17.0 Å². The van der Waals surface area contributed by atoms with E-state index in [1.165, 1.54) is 13.3 Å². The molecule has 0 aromatic carbocycles. The van der Waals surface area contributed by atoms with E-state index in [1.807, 2.05) is 0 Å². The number of aromatic nitrogens is 3. The zero-order valence-electron chi connectivity index (χ0n) is 11.1. The van der Waals surface area contributed by atoms with Gasteiger partial charge in [-0.2, -0.15) is 0 Å². The Morgan fingerprint density at radius 2 is 2.24 bits per heavy atom. The molecule has 1 aliphatic heterocycles. The van der Waals surface area contributed by atoms with E-state index in [4.69, 9.17) is 10.5 Å². The fraction of sp³-hybridized carbons (Fsp3) is 0.500. The van der Waals surface area contributed by atoms with Gasteiger partial charge < -0.3 is 30.4 Å². The summed E-state index contributed by atoms with van der Waals surface area (Å²) in [5, 5.41) is 30.4. The average molecular weight is 359 g/mol. The van der Waals surface area contributed by atoms with Crippen molar-refractivity contribution in [3.8, 4) is 0 Å². The zero-order valence-corrected chi connectivity index (χ0v) is 12.7. The van der Waals surface area contributed by atoms with Crippen molar-refractivity contribution in [2.75, 3.05) is 12.3 Å². The number of hydrogen-bond acceptors (Lipinski definition) is 7. The number of aliphatic hydroxyl groups excluding tert-OH is 2. The van der Waals surface area contributed by atoms with E-state index in [0.29, 0.717) is 21.3 Å². The summed E-state index contributed by atoms with van der Waals surface area (Å²) in [5.41, 5.74) is 4.71. The van der Waals surface area contributed by atoms with E-state index in [1.54, 1.807) is 10.8 Å². The Bertz CT molecular complexity index is 689. The van der Waals surface area contributed by atoms with Gasteiger partial charge in [0.25, 0.3) is 0 Å². The van der Waals surface area contributed by atoms with Crippen LogP contribution in [-0.2, 0) is 4.74 Å². The number of fused-ring (bicyclic) bond motifs is 1. The van der Waals surface area contributed by atoms with Crippen LogP contribution in [0, 0.1) is 0 Å². The number of halogens is 1. The second kappa shape index (κ2) is 4.89. The lowest BCUT2D eigenvalue weighted by molar-refractivity contribution is -0.0948. The summed E-state index contributed by atoms with van der Waals surface area (Å²) in [4.78, 5) is 8.08. The first-order valence-corrected chi connectivity index (χ1v) is 7.10. The molecule has 2 aromatic rings. The maximum absolute atomic E-state index is 10.5. The Morgan fingerprint density at radius 3 is 2.86 bits per heavy atom. The van der Waals surface area contributed by atoms with Gasteiger partial charge in [0.05, 0.1) is 12.0 Å². The van der Waals surface area contributed by atoms with E-state index in [-0.39, 0.29) is 0 Å². The van der Waals surface area contributed by atoms with Gasteiger partial charge in [0.1, 0.15) is 35.6 Å². The lowest BCUT2D eigenvalue weighted by Gasteiger charge is -2.27.